The van der Waals surface area contributed by atoms with Gasteiger partial charge in [-0.1, -0.05) is 30.3 Å². The van der Waals surface area contributed by atoms with Crippen LogP contribution in [-0.2, 0) is 0 Å². The lowest BCUT2D eigenvalue weighted by Crippen LogP contribution is -2.17. The van der Waals surface area contributed by atoms with E-state index in [0.717, 1.165) is 27.7 Å². The second-order valence-corrected chi connectivity index (χ2v) is 7.05. The Labute approximate surface area is 173 Å². The van der Waals surface area contributed by atoms with Gasteiger partial charge in [-0.25, -0.2) is 5.43 Å². The van der Waals surface area contributed by atoms with Gasteiger partial charge in [0.1, 0.15) is 5.75 Å². The fourth-order valence-corrected chi connectivity index (χ4v) is 3.43. The van der Waals surface area contributed by atoms with Crippen LogP contribution in [-0.4, -0.2) is 26.9 Å². The molecule has 1 amide bonds. The van der Waals surface area contributed by atoms with Gasteiger partial charge in [0.2, 0.25) is 5.88 Å². The van der Waals surface area contributed by atoms with Crippen LogP contribution in [0.15, 0.2) is 71.8 Å². The SMILES string of the molecule is Cc1cccc(-n2c(O)c(C=NNC(=O)c3ccc(O)cc3)c3ccccc32)c1C. The van der Waals surface area contributed by atoms with E-state index in [0.29, 0.717) is 11.1 Å². The number of amides is 1. The van der Waals surface area contributed by atoms with Crippen molar-refractivity contribution in [1.82, 2.24) is 9.99 Å². The van der Waals surface area contributed by atoms with Gasteiger partial charge in [0.05, 0.1) is 23.0 Å². The van der Waals surface area contributed by atoms with Crippen LogP contribution in [0.1, 0.15) is 27.0 Å². The van der Waals surface area contributed by atoms with Crippen LogP contribution < -0.4 is 5.43 Å². The van der Waals surface area contributed by atoms with E-state index in [2.05, 4.69) is 10.5 Å². The average Bonchev–Trinajstić information content (AvgIpc) is 3.02. The molecule has 4 rings (SSSR count). The van der Waals surface area contributed by atoms with Crippen molar-refractivity contribution in [3.63, 3.8) is 0 Å². The number of nitrogens with zero attached hydrogens (tertiary/aromatic N) is 2. The van der Waals surface area contributed by atoms with Gasteiger partial charge in [0.25, 0.3) is 5.91 Å². The Morgan fingerprint density at radius 2 is 1.70 bits per heavy atom. The molecule has 6 heteroatoms. The molecule has 0 aliphatic carbocycles. The Morgan fingerprint density at radius 1 is 0.967 bits per heavy atom. The fourth-order valence-electron chi connectivity index (χ4n) is 3.43. The minimum atomic E-state index is -0.413. The molecular weight excluding hydrogens is 378 g/mol. The molecule has 0 bridgehead atoms. The summed E-state index contributed by atoms with van der Waals surface area (Å²) in [7, 11) is 0. The molecule has 3 aromatic carbocycles. The summed E-state index contributed by atoms with van der Waals surface area (Å²) in [5.74, 6) is -0.282. The van der Waals surface area contributed by atoms with Gasteiger partial charge in [-0.15, -0.1) is 0 Å². The minimum Gasteiger partial charge on any atom is -0.508 e. The largest absolute Gasteiger partial charge is 0.508 e. The van der Waals surface area contributed by atoms with Crippen molar-refractivity contribution >= 4 is 23.0 Å². The van der Waals surface area contributed by atoms with Gasteiger partial charge >= 0.3 is 0 Å². The second-order valence-electron chi connectivity index (χ2n) is 7.05. The number of aryl methyl sites for hydroxylation is 1. The summed E-state index contributed by atoms with van der Waals surface area (Å²) in [6, 6.07) is 19.5. The first-order valence-electron chi connectivity index (χ1n) is 9.49. The predicted molar refractivity (Wildman–Crippen MR) is 118 cm³/mol. The third kappa shape index (κ3) is 3.39. The maximum absolute atomic E-state index is 12.2. The Kier molecular flexibility index (Phi) is 4.98. The van der Waals surface area contributed by atoms with Crippen LogP contribution in [0.5, 0.6) is 11.6 Å². The lowest BCUT2D eigenvalue weighted by molar-refractivity contribution is 0.0955. The van der Waals surface area contributed by atoms with Crippen LogP contribution in [0, 0.1) is 13.8 Å². The number of rotatable bonds is 4. The van der Waals surface area contributed by atoms with E-state index >= 15 is 0 Å². The predicted octanol–water partition coefficient (Wildman–Crippen LogP) is 4.42. The van der Waals surface area contributed by atoms with Crippen molar-refractivity contribution in [3.05, 3.63) is 89.0 Å². The number of carbonyl (C=O) groups excluding carboxylic acids is 1. The summed E-state index contributed by atoms with van der Waals surface area (Å²) >= 11 is 0. The van der Waals surface area contributed by atoms with Crippen LogP contribution in [0.25, 0.3) is 16.6 Å². The maximum atomic E-state index is 12.2. The first-order valence-corrected chi connectivity index (χ1v) is 9.49. The Morgan fingerprint density at radius 3 is 2.47 bits per heavy atom. The molecule has 0 atom stereocenters. The zero-order valence-electron chi connectivity index (χ0n) is 16.6. The van der Waals surface area contributed by atoms with E-state index in [4.69, 9.17) is 0 Å². The summed E-state index contributed by atoms with van der Waals surface area (Å²) in [4.78, 5) is 12.2. The van der Waals surface area contributed by atoms with Gasteiger partial charge < -0.3 is 10.2 Å². The molecule has 4 aromatic rings. The summed E-state index contributed by atoms with van der Waals surface area (Å²) in [6.45, 7) is 4.05. The quantitative estimate of drug-likeness (QED) is 0.351. The number of fused-ring (bicyclic) bond motifs is 1. The smallest absolute Gasteiger partial charge is 0.271 e. The van der Waals surface area contributed by atoms with Crippen molar-refractivity contribution < 1.29 is 15.0 Å². The molecule has 0 saturated heterocycles. The molecule has 3 N–H and O–H groups in total. The molecule has 0 saturated carbocycles. The first-order chi connectivity index (χ1) is 14.5. The Bertz CT molecular complexity index is 1270. The first kappa shape index (κ1) is 19.3. The van der Waals surface area contributed by atoms with Crippen molar-refractivity contribution in [2.75, 3.05) is 0 Å². The van der Waals surface area contributed by atoms with E-state index in [-0.39, 0.29) is 11.6 Å². The third-order valence-corrected chi connectivity index (χ3v) is 5.19. The average molecular weight is 399 g/mol. The van der Waals surface area contributed by atoms with Crippen LogP contribution in [0.3, 0.4) is 0 Å². The number of phenols is 1. The molecule has 0 fully saturated rings. The molecule has 0 spiro atoms. The van der Waals surface area contributed by atoms with Crippen molar-refractivity contribution in [1.29, 1.82) is 0 Å². The molecule has 0 aliphatic heterocycles. The van der Waals surface area contributed by atoms with E-state index in [1.54, 1.807) is 4.57 Å². The van der Waals surface area contributed by atoms with Gasteiger partial charge in [-0.05, 0) is 61.4 Å². The van der Waals surface area contributed by atoms with Crippen LogP contribution in [0.2, 0.25) is 0 Å². The number of hydrogen-bond acceptors (Lipinski definition) is 4. The van der Waals surface area contributed by atoms with E-state index < -0.39 is 5.91 Å². The number of para-hydroxylation sites is 1. The monoisotopic (exact) mass is 399 g/mol. The number of hydrazone groups is 1. The molecule has 1 aromatic heterocycles. The van der Waals surface area contributed by atoms with Gasteiger partial charge in [-0.2, -0.15) is 5.10 Å². The fraction of sp³-hybridized carbons (Fsp3) is 0.0833. The Balaban J connectivity index is 1.72. The number of phenolic OH excluding ortho intramolecular Hbond substituents is 1. The molecular formula is C24H21N3O3. The number of carbonyl (C=O) groups is 1. The van der Waals surface area contributed by atoms with E-state index in [9.17, 15) is 15.0 Å². The van der Waals surface area contributed by atoms with E-state index in [1.807, 2.05) is 56.3 Å². The summed E-state index contributed by atoms with van der Waals surface area (Å²) in [5, 5.41) is 25.2. The number of aromatic hydroxyl groups is 2. The van der Waals surface area contributed by atoms with Gasteiger partial charge in [0.15, 0.2) is 0 Å². The highest BCUT2D eigenvalue weighted by atomic mass is 16.3. The maximum Gasteiger partial charge on any atom is 0.271 e. The van der Waals surface area contributed by atoms with Gasteiger partial charge in [0, 0.05) is 10.9 Å². The van der Waals surface area contributed by atoms with Crippen molar-refractivity contribution in [2.24, 2.45) is 5.10 Å². The van der Waals surface area contributed by atoms with Crippen LogP contribution in [0.4, 0.5) is 0 Å². The highest BCUT2D eigenvalue weighted by Gasteiger charge is 2.18. The second kappa shape index (κ2) is 7.75. The standard InChI is InChI=1S/C24H21N3O3/c1-15-6-5-9-21(16(15)2)27-22-8-4-3-7-19(22)20(24(27)30)14-25-26-23(29)17-10-12-18(28)13-11-17/h3-14,28,30H,1-2H3,(H,26,29). The molecule has 6 nitrogen and oxygen atoms in total. The normalized spacial score (nSPS) is 11.3. The van der Waals surface area contributed by atoms with Crippen LogP contribution >= 0.6 is 0 Å². The van der Waals surface area contributed by atoms with Crippen molar-refractivity contribution in [3.8, 4) is 17.3 Å². The number of benzene rings is 3. The number of hydrogen-bond donors (Lipinski definition) is 3. The summed E-state index contributed by atoms with van der Waals surface area (Å²) < 4.78 is 1.79. The lowest BCUT2D eigenvalue weighted by Gasteiger charge is -2.12. The lowest BCUT2D eigenvalue weighted by atomic mass is 10.1. The minimum absolute atomic E-state index is 0.0486. The highest BCUT2D eigenvalue weighted by molar-refractivity contribution is 6.04. The highest BCUT2D eigenvalue weighted by Crippen LogP contribution is 2.34. The summed E-state index contributed by atoms with van der Waals surface area (Å²) in [6.07, 6.45) is 1.44. The Hall–Kier alpha value is -4.06. The number of aromatic nitrogens is 1. The zero-order chi connectivity index (χ0) is 21.3. The van der Waals surface area contributed by atoms with Crippen molar-refractivity contribution in [2.45, 2.75) is 13.8 Å². The molecule has 150 valence electrons. The molecule has 0 unspecified atom stereocenters. The molecule has 1 heterocycles. The molecule has 0 aliphatic rings. The third-order valence-electron chi connectivity index (χ3n) is 5.19. The number of nitrogens with one attached hydrogen (secondary N) is 1. The van der Waals surface area contributed by atoms with Gasteiger partial charge in [-0.3, -0.25) is 9.36 Å². The summed E-state index contributed by atoms with van der Waals surface area (Å²) in [5.41, 5.74) is 7.26. The topological polar surface area (TPSA) is 86.9 Å². The van der Waals surface area contributed by atoms with E-state index in [1.165, 1.54) is 30.5 Å². The molecule has 30 heavy (non-hydrogen) atoms. The zero-order valence-corrected chi connectivity index (χ0v) is 16.6. The molecule has 0 radical (unpaired) electrons.